The lowest BCUT2D eigenvalue weighted by Gasteiger charge is -1.99. The zero-order valence-electron chi connectivity index (χ0n) is 6.23. The predicted molar refractivity (Wildman–Crippen MR) is 38.6 cm³/mol. The van der Waals surface area contributed by atoms with E-state index in [-0.39, 0.29) is 5.92 Å². The molecule has 2 atom stereocenters. The van der Waals surface area contributed by atoms with Crippen molar-refractivity contribution in [2.75, 3.05) is 0 Å². The van der Waals surface area contributed by atoms with Crippen LogP contribution >= 0.6 is 0 Å². The molecule has 0 aromatic heterocycles. The van der Waals surface area contributed by atoms with Crippen LogP contribution in [0.3, 0.4) is 0 Å². The summed E-state index contributed by atoms with van der Waals surface area (Å²) in [7, 11) is 0. The summed E-state index contributed by atoms with van der Waals surface area (Å²) in [4.78, 5) is 0. The van der Waals surface area contributed by atoms with E-state index in [1.807, 2.05) is 0 Å². The standard InChI is InChI=1S/C9H7F3/c10-5-1-2-6(8(11)3-5)7-4-9(7)12/h1-3,7,9H,4H2/t7?,9-/m0/s1. The molecular weight excluding hydrogens is 165 g/mol. The van der Waals surface area contributed by atoms with Crippen LogP contribution < -0.4 is 0 Å². The second-order valence-electron chi connectivity index (χ2n) is 3.02. The van der Waals surface area contributed by atoms with E-state index in [1.165, 1.54) is 6.07 Å². The van der Waals surface area contributed by atoms with E-state index >= 15 is 0 Å². The largest absolute Gasteiger partial charge is 0.247 e. The smallest absolute Gasteiger partial charge is 0.129 e. The molecule has 3 heteroatoms. The fraction of sp³-hybridized carbons (Fsp3) is 0.333. The Morgan fingerprint density at radius 3 is 2.42 bits per heavy atom. The minimum atomic E-state index is -0.940. The van der Waals surface area contributed by atoms with Gasteiger partial charge in [-0.25, -0.2) is 13.2 Å². The summed E-state index contributed by atoms with van der Waals surface area (Å²) < 4.78 is 37.8. The number of benzene rings is 1. The monoisotopic (exact) mass is 172 g/mol. The highest BCUT2D eigenvalue weighted by Gasteiger charge is 2.40. The molecule has 0 N–H and O–H groups in total. The normalized spacial score (nSPS) is 27.2. The Morgan fingerprint density at radius 1 is 1.25 bits per heavy atom. The Hall–Kier alpha value is -0.990. The molecule has 0 spiro atoms. The van der Waals surface area contributed by atoms with Gasteiger partial charge in [0.2, 0.25) is 0 Å². The van der Waals surface area contributed by atoms with Gasteiger partial charge < -0.3 is 0 Å². The van der Waals surface area contributed by atoms with Crippen LogP contribution in [0, 0.1) is 11.6 Å². The van der Waals surface area contributed by atoms with Crippen LogP contribution in [0.2, 0.25) is 0 Å². The van der Waals surface area contributed by atoms with Gasteiger partial charge in [-0.15, -0.1) is 0 Å². The second kappa shape index (κ2) is 2.51. The van der Waals surface area contributed by atoms with Gasteiger partial charge in [-0.1, -0.05) is 6.07 Å². The first-order valence-corrected chi connectivity index (χ1v) is 3.77. The molecule has 12 heavy (non-hydrogen) atoms. The van der Waals surface area contributed by atoms with Gasteiger partial charge in [0.05, 0.1) is 0 Å². The molecule has 0 aliphatic heterocycles. The van der Waals surface area contributed by atoms with E-state index in [0.717, 1.165) is 12.1 Å². The van der Waals surface area contributed by atoms with Crippen LogP contribution in [0.15, 0.2) is 18.2 Å². The van der Waals surface area contributed by atoms with Crippen LogP contribution in [0.5, 0.6) is 0 Å². The third kappa shape index (κ3) is 1.19. The predicted octanol–water partition coefficient (Wildman–Crippen LogP) is 2.79. The first-order chi connectivity index (χ1) is 5.68. The van der Waals surface area contributed by atoms with Crippen molar-refractivity contribution < 1.29 is 13.2 Å². The molecule has 0 bridgehead atoms. The molecule has 1 saturated carbocycles. The number of rotatable bonds is 1. The highest BCUT2D eigenvalue weighted by molar-refractivity contribution is 5.28. The molecule has 0 heterocycles. The molecule has 64 valence electrons. The fourth-order valence-electron chi connectivity index (χ4n) is 1.29. The molecule has 0 saturated heterocycles. The first-order valence-electron chi connectivity index (χ1n) is 3.77. The van der Waals surface area contributed by atoms with Gasteiger partial charge in [0.15, 0.2) is 0 Å². The van der Waals surface area contributed by atoms with Crippen LogP contribution in [-0.2, 0) is 0 Å². The summed E-state index contributed by atoms with van der Waals surface area (Å²) in [5.41, 5.74) is 0.295. The van der Waals surface area contributed by atoms with Gasteiger partial charge in [-0.3, -0.25) is 0 Å². The molecule has 1 aliphatic rings. The average Bonchev–Trinajstić information content (AvgIpc) is 2.66. The molecule has 1 aliphatic carbocycles. The lowest BCUT2D eigenvalue weighted by molar-refractivity contribution is 0.463. The van der Waals surface area contributed by atoms with Gasteiger partial charge in [0, 0.05) is 12.0 Å². The van der Waals surface area contributed by atoms with Crippen molar-refractivity contribution in [1.82, 2.24) is 0 Å². The van der Waals surface area contributed by atoms with E-state index in [0.29, 0.717) is 12.0 Å². The van der Waals surface area contributed by atoms with E-state index in [9.17, 15) is 13.2 Å². The van der Waals surface area contributed by atoms with E-state index in [1.54, 1.807) is 0 Å². The lowest BCUT2D eigenvalue weighted by atomic mass is 10.1. The molecule has 0 amide bonds. The Labute approximate surface area is 68.0 Å². The van der Waals surface area contributed by atoms with Crippen molar-refractivity contribution in [2.24, 2.45) is 0 Å². The van der Waals surface area contributed by atoms with Crippen LogP contribution in [-0.4, -0.2) is 6.17 Å². The molecule has 2 rings (SSSR count). The number of hydrogen-bond acceptors (Lipinski definition) is 0. The quantitative estimate of drug-likeness (QED) is 0.611. The summed E-state index contributed by atoms with van der Waals surface area (Å²) in [5.74, 6) is -1.60. The molecule has 1 unspecified atom stereocenters. The summed E-state index contributed by atoms with van der Waals surface area (Å²) in [5, 5.41) is 0. The Morgan fingerprint density at radius 2 is 1.92 bits per heavy atom. The van der Waals surface area contributed by atoms with Gasteiger partial charge >= 0.3 is 0 Å². The maximum absolute atomic E-state index is 12.9. The summed E-state index contributed by atoms with van der Waals surface area (Å²) in [6.07, 6.45) is -0.576. The Balaban J connectivity index is 2.33. The van der Waals surface area contributed by atoms with Gasteiger partial charge in [0.25, 0.3) is 0 Å². The van der Waals surface area contributed by atoms with Crippen molar-refractivity contribution in [2.45, 2.75) is 18.5 Å². The number of hydrogen-bond donors (Lipinski definition) is 0. The van der Waals surface area contributed by atoms with Crippen molar-refractivity contribution in [3.05, 3.63) is 35.4 Å². The zero-order chi connectivity index (χ0) is 8.72. The van der Waals surface area contributed by atoms with Gasteiger partial charge in [-0.2, -0.15) is 0 Å². The van der Waals surface area contributed by atoms with E-state index in [2.05, 4.69) is 0 Å². The Bertz CT molecular complexity index is 309. The molecule has 0 radical (unpaired) electrons. The van der Waals surface area contributed by atoms with Crippen molar-refractivity contribution in [3.8, 4) is 0 Å². The molecule has 1 aromatic rings. The third-order valence-electron chi connectivity index (χ3n) is 2.07. The van der Waals surface area contributed by atoms with Crippen LogP contribution in [0.1, 0.15) is 17.9 Å². The van der Waals surface area contributed by atoms with E-state index < -0.39 is 17.8 Å². The van der Waals surface area contributed by atoms with Crippen LogP contribution in [0.4, 0.5) is 13.2 Å². The van der Waals surface area contributed by atoms with Crippen molar-refractivity contribution in [1.29, 1.82) is 0 Å². The highest BCUT2D eigenvalue weighted by atomic mass is 19.1. The van der Waals surface area contributed by atoms with Crippen LogP contribution in [0.25, 0.3) is 0 Å². The molecule has 1 aromatic carbocycles. The highest BCUT2D eigenvalue weighted by Crippen LogP contribution is 2.44. The summed E-state index contributed by atoms with van der Waals surface area (Å²) in [6, 6.07) is 3.26. The van der Waals surface area contributed by atoms with Gasteiger partial charge in [0.1, 0.15) is 17.8 Å². The van der Waals surface area contributed by atoms with E-state index in [4.69, 9.17) is 0 Å². The first kappa shape index (κ1) is 7.65. The third-order valence-corrected chi connectivity index (χ3v) is 2.07. The fourth-order valence-corrected chi connectivity index (χ4v) is 1.29. The second-order valence-corrected chi connectivity index (χ2v) is 3.02. The molecular formula is C9H7F3. The minimum Gasteiger partial charge on any atom is -0.247 e. The van der Waals surface area contributed by atoms with Crippen molar-refractivity contribution >= 4 is 0 Å². The summed E-state index contributed by atoms with van der Waals surface area (Å²) in [6.45, 7) is 0. The minimum absolute atomic E-state index is 0.295. The lowest BCUT2D eigenvalue weighted by Crippen LogP contribution is -1.90. The molecule has 0 nitrogen and oxygen atoms in total. The zero-order valence-corrected chi connectivity index (χ0v) is 6.23. The van der Waals surface area contributed by atoms with Gasteiger partial charge in [-0.05, 0) is 18.1 Å². The van der Waals surface area contributed by atoms with Crippen molar-refractivity contribution in [3.63, 3.8) is 0 Å². The maximum Gasteiger partial charge on any atom is 0.129 e. The Kier molecular flexibility index (Phi) is 1.60. The summed E-state index contributed by atoms with van der Waals surface area (Å²) >= 11 is 0. The molecule has 1 fully saturated rings. The SMILES string of the molecule is Fc1ccc(C2C[C@@H]2F)c(F)c1. The number of halogens is 3. The number of alkyl halides is 1. The topological polar surface area (TPSA) is 0 Å². The average molecular weight is 172 g/mol. The maximum atomic E-state index is 12.9.